The van der Waals surface area contributed by atoms with Gasteiger partial charge in [0, 0.05) is 6.61 Å². The van der Waals surface area contributed by atoms with Crippen molar-refractivity contribution in [2.24, 2.45) is 0 Å². The minimum atomic E-state index is 0. The van der Waals surface area contributed by atoms with Gasteiger partial charge in [0.25, 0.3) is 0 Å². The van der Waals surface area contributed by atoms with Crippen LogP contribution in [-0.2, 0) is 0 Å². The van der Waals surface area contributed by atoms with Crippen LogP contribution in [0.5, 0.6) is 0 Å². The molecule has 0 rings (SSSR count). The van der Waals surface area contributed by atoms with Gasteiger partial charge in [-0.1, -0.05) is 32.6 Å². The van der Waals surface area contributed by atoms with Gasteiger partial charge in [-0.3, -0.25) is 4.70 Å². The summed E-state index contributed by atoms with van der Waals surface area (Å²) in [6, 6.07) is 0. The second-order valence-corrected chi connectivity index (χ2v) is 2.14. The molecule has 0 atom stereocenters. The highest BCUT2D eigenvalue weighted by Gasteiger charge is 1.84. The van der Waals surface area contributed by atoms with E-state index in [2.05, 4.69) is 6.92 Å². The molecule has 0 aliphatic heterocycles. The summed E-state index contributed by atoms with van der Waals surface area (Å²) >= 11 is 0. The van der Waals surface area contributed by atoms with E-state index >= 15 is 0 Å². The Morgan fingerprint density at radius 1 is 1.00 bits per heavy atom. The highest BCUT2D eigenvalue weighted by atomic mass is 19.0. The lowest BCUT2D eigenvalue weighted by atomic mass is 10.2. The fourth-order valence-electron chi connectivity index (χ4n) is 0.715. The van der Waals surface area contributed by atoms with E-state index in [0.717, 1.165) is 6.42 Å². The molecule has 0 aliphatic carbocycles. The maximum Gasteiger partial charge on any atom is 0.0431 e. The number of halogens is 1. The molecule has 0 aliphatic rings. The summed E-state index contributed by atoms with van der Waals surface area (Å²) in [5.74, 6) is 0. The molecular weight excluding hydrogens is 119 g/mol. The molecular formula is C7H17FO. The molecule has 0 aromatic carbocycles. The van der Waals surface area contributed by atoms with E-state index in [4.69, 9.17) is 5.11 Å². The third-order valence-electron chi connectivity index (χ3n) is 1.26. The first kappa shape index (κ1) is 11.7. The van der Waals surface area contributed by atoms with Crippen LogP contribution in [0.2, 0.25) is 0 Å². The largest absolute Gasteiger partial charge is 0.396 e. The van der Waals surface area contributed by atoms with Crippen molar-refractivity contribution in [3.8, 4) is 0 Å². The van der Waals surface area contributed by atoms with Crippen LogP contribution in [-0.4, -0.2) is 11.7 Å². The van der Waals surface area contributed by atoms with Gasteiger partial charge >= 0.3 is 0 Å². The van der Waals surface area contributed by atoms with Crippen LogP contribution < -0.4 is 0 Å². The van der Waals surface area contributed by atoms with Gasteiger partial charge in [0.2, 0.25) is 0 Å². The van der Waals surface area contributed by atoms with Crippen molar-refractivity contribution in [3.63, 3.8) is 0 Å². The first-order chi connectivity index (χ1) is 3.91. The molecule has 0 unspecified atom stereocenters. The Morgan fingerprint density at radius 2 is 1.56 bits per heavy atom. The zero-order chi connectivity index (χ0) is 6.24. The van der Waals surface area contributed by atoms with E-state index in [-0.39, 0.29) is 4.70 Å². The maximum absolute atomic E-state index is 8.37. The van der Waals surface area contributed by atoms with Crippen LogP contribution in [0.4, 0.5) is 4.70 Å². The second-order valence-electron chi connectivity index (χ2n) is 2.14. The SMILES string of the molecule is CCCCCCCO.F. The first-order valence-corrected chi connectivity index (χ1v) is 3.52. The molecule has 0 saturated heterocycles. The summed E-state index contributed by atoms with van der Waals surface area (Å²) < 4.78 is 0. The van der Waals surface area contributed by atoms with Crippen molar-refractivity contribution in [2.75, 3.05) is 6.61 Å². The Bertz CT molecular complexity index is 33.9. The fraction of sp³-hybridized carbons (Fsp3) is 1.00. The minimum Gasteiger partial charge on any atom is -0.396 e. The zero-order valence-corrected chi connectivity index (χ0v) is 6.10. The maximum atomic E-state index is 8.37. The predicted octanol–water partition coefficient (Wildman–Crippen LogP) is 2.10. The molecule has 1 nitrogen and oxygen atoms in total. The third-order valence-corrected chi connectivity index (χ3v) is 1.26. The van der Waals surface area contributed by atoms with Crippen molar-refractivity contribution >= 4 is 0 Å². The molecule has 58 valence electrons. The lowest BCUT2D eigenvalue weighted by Crippen LogP contribution is -1.81. The molecule has 0 saturated carbocycles. The Balaban J connectivity index is 0. The Labute approximate surface area is 56.5 Å². The van der Waals surface area contributed by atoms with Gasteiger partial charge in [-0.15, -0.1) is 0 Å². The Hall–Kier alpha value is -0.110. The van der Waals surface area contributed by atoms with Crippen LogP contribution in [0.3, 0.4) is 0 Å². The van der Waals surface area contributed by atoms with Crippen molar-refractivity contribution < 1.29 is 9.81 Å². The van der Waals surface area contributed by atoms with Crippen LogP contribution in [0.1, 0.15) is 39.0 Å². The van der Waals surface area contributed by atoms with Gasteiger partial charge in [0.05, 0.1) is 0 Å². The van der Waals surface area contributed by atoms with Gasteiger partial charge in [-0.25, -0.2) is 0 Å². The molecule has 0 bridgehead atoms. The third kappa shape index (κ3) is 11.4. The van der Waals surface area contributed by atoms with Crippen molar-refractivity contribution in [3.05, 3.63) is 0 Å². The number of hydrogen-bond donors (Lipinski definition) is 1. The highest BCUT2D eigenvalue weighted by molar-refractivity contribution is 4.39. The van der Waals surface area contributed by atoms with Crippen molar-refractivity contribution in [1.82, 2.24) is 0 Å². The number of aliphatic hydroxyl groups excluding tert-OH is 1. The predicted molar refractivity (Wildman–Crippen MR) is 38.3 cm³/mol. The molecule has 0 aromatic heterocycles. The summed E-state index contributed by atoms with van der Waals surface area (Å²) in [5.41, 5.74) is 0. The molecule has 9 heavy (non-hydrogen) atoms. The first-order valence-electron chi connectivity index (χ1n) is 3.52. The molecule has 1 N–H and O–H groups in total. The normalized spacial score (nSPS) is 8.67. The summed E-state index contributed by atoms with van der Waals surface area (Å²) in [5, 5.41) is 8.37. The molecule has 0 spiro atoms. The quantitative estimate of drug-likeness (QED) is 0.574. The van der Waals surface area contributed by atoms with Crippen LogP contribution in [0.15, 0.2) is 0 Å². The van der Waals surface area contributed by atoms with Crippen molar-refractivity contribution in [2.45, 2.75) is 39.0 Å². The molecule has 0 fully saturated rings. The topological polar surface area (TPSA) is 20.2 Å². The van der Waals surface area contributed by atoms with Crippen LogP contribution in [0, 0.1) is 0 Å². The van der Waals surface area contributed by atoms with Gasteiger partial charge in [-0.05, 0) is 6.42 Å². The smallest absolute Gasteiger partial charge is 0.0431 e. The molecule has 0 aromatic rings. The lowest BCUT2D eigenvalue weighted by Gasteiger charge is -1.93. The number of rotatable bonds is 5. The average molecular weight is 136 g/mol. The zero-order valence-electron chi connectivity index (χ0n) is 6.10. The highest BCUT2D eigenvalue weighted by Crippen LogP contribution is 2.00. The fourth-order valence-corrected chi connectivity index (χ4v) is 0.715. The van der Waals surface area contributed by atoms with Gasteiger partial charge in [-0.2, -0.15) is 0 Å². The molecule has 0 radical (unpaired) electrons. The van der Waals surface area contributed by atoms with Crippen LogP contribution >= 0.6 is 0 Å². The number of hydrogen-bond acceptors (Lipinski definition) is 1. The molecule has 0 amide bonds. The summed E-state index contributed by atoms with van der Waals surface area (Å²) in [6.07, 6.45) is 6.08. The standard InChI is InChI=1S/C7H16O.FH/c1-2-3-4-5-6-7-8;/h8H,2-7H2,1H3;1H. The lowest BCUT2D eigenvalue weighted by molar-refractivity contribution is 0.282. The van der Waals surface area contributed by atoms with E-state index in [1.54, 1.807) is 0 Å². The van der Waals surface area contributed by atoms with Gasteiger partial charge in [0.15, 0.2) is 0 Å². The van der Waals surface area contributed by atoms with E-state index < -0.39 is 0 Å². The summed E-state index contributed by atoms with van der Waals surface area (Å²) in [7, 11) is 0. The number of aliphatic hydroxyl groups is 1. The Kier molecular flexibility index (Phi) is 14.0. The van der Waals surface area contributed by atoms with Crippen LogP contribution in [0.25, 0.3) is 0 Å². The molecule has 2 heteroatoms. The van der Waals surface area contributed by atoms with E-state index in [1.165, 1.54) is 25.7 Å². The second kappa shape index (κ2) is 10.8. The van der Waals surface area contributed by atoms with Gasteiger partial charge < -0.3 is 5.11 Å². The van der Waals surface area contributed by atoms with Crippen molar-refractivity contribution in [1.29, 1.82) is 0 Å². The summed E-state index contributed by atoms with van der Waals surface area (Å²) in [6.45, 7) is 2.56. The van der Waals surface area contributed by atoms with Gasteiger partial charge in [0.1, 0.15) is 0 Å². The van der Waals surface area contributed by atoms with E-state index in [9.17, 15) is 0 Å². The number of unbranched alkanes of at least 4 members (excludes halogenated alkanes) is 4. The Morgan fingerprint density at radius 3 is 2.00 bits per heavy atom. The summed E-state index contributed by atoms with van der Waals surface area (Å²) in [4.78, 5) is 0. The minimum absolute atomic E-state index is 0. The monoisotopic (exact) mass is 136 g/mol. The van der Waals surface area contributed by atoms with E-state index in [0.29, 0.717) is 6.61 Å². The van der Waals surface area contributed by atoms with E-state index in [1.807, 2.05) is 0 Å². The molecule has 0 heterocycles. The average Bonchev–Trinajstić information content (AvgIpc) is 1.81.